The average Bonchev–Trinajstić information content (AvgIpc) is 2.75. The molecule has 0 saturated heterocycles. The van der Waals surface area contributed by atoms with E-state index in [1.54, 1.807) is 16.9 Å². The second-order valence-electron chi connectivity index (χ2n) is 4.04. The van der Waals surface area contributed by atoms with E-state index >= 15 is 0 Å². The van der Waals surface area contributed by atoms with E-state index in [1.807, 2.05) is 13.2 Å². The Bertz CT molecular complexity index is 551. The number of hydrogen-bond acceptors (Lipinski definition) is 2. The highest BCUT2D eigenvalue weighted by atomic mass is 19.1. The molecule has 0 spiro atoms. The van der Waals surface area contributed by atoms with Crippen LogP contribution in [-0.2, 0) is 13.5 Å². The standard InChI is InChI=1S/C13H14FN3O/c1-17-9-10(8-16-17)5-6-15-13(18)11-3-2-4-12(14)7-11/h2-4,7-9H,5-6H2,1H3,(H,15,18). The lowest BCUT2D eigenvalue weighted by molar-refractivity contribution is 0.0953. The third-order valence-corrected chi connectivity index (χ3v) is 2.54. The van der Waals surface area contributed by atoms with Crippen molar-refractivity contribution in [3.8, 4) is 0 Å². The highest BCUT2D eigenvalue weighted by molar-refractivity contribution is 5.94. The van der Waals surface area contributed by atoms with E-state index in [4.69, 9.17) is 0 Å². The topological polar surface area (TPSA) is 46.9 Å². The molecule has 1 heterocycles. The highest BCUT2D eigenvalue weighted by Crippen LogP contribution is 2.03. The molecule has 0 radical (unpaired) electrons. The molecule has 18 heavy (non-hydrogen) atoms. The highest BCUT2D eigenvalue weighted by Gasteiger charge is 2.05. The first-order chi connectivity index (χ1) is 8.65. The second kappa shape index (κ2) is 5.44. The predicted molar refractivity (Wildman–Crippen MR) is 65.6 cm³/mol. The third-order valence-electron chi connectivity index (χ3n) is 2.54. The summed E-state index contributed by atoms with van der Waals surface area (Å²) in [6.07, 6.45) is 4.36. The molecule has 0 bridgehead atoms. The van der Waals surface area contributed by atoms with Crippen LogP contribution in [0.15, 0.2) is 36.7 Å². The van der Waals surface area contributed by atoms with Gasteiger partial charge in [-0.3, -0.25) is 9.48 Å². The van der Waals surface area contributed by atoms with E-state index in [2.05, 4.69) is 10.4 Å². The van der Waals surface area contributed by atoms with Gasteiger partial charge in [0.25, 0.3) is 5.91 Å². The number of nitrogens with one attached hydrogen (secondary N) is 1. The van der Waals surface area contributed by atoms with Crippen molar-refractivity contribution in [1.29, 1.82) is 0 Å². The molecule has 1 N–H and O–H groups in total. The molecule has 1 aromatic heterocycles. The van der Waals surface area contributed by atoms with Crippen molar-refractivity contribution in [2.24, 2.45) is 7.05 Å². The summed E-state index contributed by atoms with van der Waals surface area (Å²) in [7, 11) is 1.84. The molecule has 94 valence electrons. The molecule has 0 atom stereocenters. The van der Waals surface area contributed by atoms with Gasteiger partial charge in [0.1, 0.15) is 5.82 Å². The molecule has 2 aromatic rings. The van der Waals surface area contributed by atoms with Gasteiger partial charge in [0.15, 0.2) is 0 Å². The summed E-state index contributed by atoms with van der Waals surface area (Å²) < 4.78 is 14.6. The third kappa shape index (κ3) is 3.16. The van der Waals surface area contributed by atoms with Crippen molar-refractivity contribution in [3.05, 3.63) is 53.6 Å². The largest absolute Gasteiger partial charge is 0.352 e. The number of rotatable bonds is 4. The molecule has 0 unspecified atom stereocenters. The molecule has 0 aliphatic carbocycles. The molecule has 1 amide bonds. The van der Waals surface area contributed by atoms with Gasteiger partial charge in [-0.1, -0.05) is 6.07 Å². The van der Waals surface area contributed by atoms with Gasteiger partial charge in [0, 0.05) is 25.4 Å². The van der Waals surface area contributed by atoms with Crippen LogP contribution in [0.3, 0.4) is 0 Å². The van der Waals surface area contributed by atoms with Crippen LogP contribution in [0.25, 0.3) is 0 Å². The first-order valence-electron chi connectivity index (χ1n) is 5.66. The predicted octanol–water partition coefficient (Wildman–Crippen LogP) is 1.53. The van der Waals surface area contributed by atoms with E-state index in [0.717, 1.165) is 5.56 Å². The van der Waals surface area contributed by atoms with Gasteiger partial charge >= 0.3 is 0 Å². The summed E-state index contributed by atoms with van der Waals surface area (Å²) >= 11 is 0. The monoisotopic (exact) mass is 247 g/mol. The number of aromatic nitrogens is 2. The molecule has 2 rings (SSSR count). The Hall–Kier alpha value is -2.17. The Morgan fingerprint density at radius 1 is 1.50 bits per heavy atom. The fraction of sp³-hybridized carbons (Fsp3) is 0.231. The van der Waals surface area contributed by atoms with Gasteiger partial charge in [0.2, 0.25) is 0 Å². The molecule has 4 nitrogen and oxygen atoms in total. The van der Waals surface area contributed by atoms with Crippen LogP contribution in [-0.4, -0.2) is 22.2 Å². The normalized spacial score (nSPS) is 10.3. The smallest absolute Gasteiger partial charge is 0.251 e. The fourth-order valence-electron chi connectivity index (χ4n) is 1.65. The van der Waals surface area contributed by atoms with Gasteiger partial charge in [-0.25, -0.2) is 4.39 Å². The summed E-state index contributed by atoms with van der Waals surface area (Å²) in [5, 5.41) is 6.78. The van der Waals surface area contributed by atoms with Crippen LogP contribution >= 0.6 is 0 Å². The number of benzene rings is 1. The van der Waals surface area contributed by atoms with Crippen molar-refractivity contribution >= 4 is 5.91 Å². The molecular formula is C13H14FN3O. The lowest BCUT2D eigenvalue weighted by atomic mass is 10.2. The quantitative estimate of drug-likeness (QED) is 0.890. The van der Waals surface area contributed by atoms with E-state index in [-0.39, 0.29) is 5.91 Å². The summed E-state index contributed by atoms with van der Waals surface area (Å²) in [4.78, 5) is 11.7. The Labute approximate surface area is 104 Å². The van der Waals surface area contributed by atoms with Crippen molar-refractivity contribution in [2.45, 2.75) is 6.42 Å². The number of hydrogen-bond donors (Lipinski definition) is 1. The first kappa shape index (κ1) is 12.3. The van der Waals surface area contributed by atoms with E-state index in [1.165, 1.54) is 18.2 Å². The van der Waals surface area contributed by atoms with Crippen LogP contribution in [0.2, 0.25) is 0 Å². The molecule has 1 aromatic carbocycles. The van der Waals surface area contributed by atoms with Crippen molar-refractivity contribution in [1.82, 2.24) is 15.1 Å². The fourth-order valence-corrected chi connectivity index (χ4v) is 1.65. The van der Waals surface area contributed by atoms with Crippen molar-refractivity contribution in [2.75, 3.05) is 6.54 Å². The minimum atomic E-state index is -0.407. The van der Waals surface area contributed by atoms with E-state index in [0.29, 0.717) is 18.5 Å². The minimum absolute atomic E-state index is 0.265. The Balaban J connectivity index is 1.85. The number of carbonyl (C=O) groups is 1. The Kier molecular flexibility index (Phi) is 3.72. The first-order valence-corrected chi connectivity index (χ1v) is 5.66. The average molecular weight is 247 g/mol. The molecule has 0 fully saturated rings. The zero-order valence-corrected chi connectivity index (χ0v) is 10.1. The number of carbonyl (C=O) groups excluding carboxylic acids is 1. The van der Waals surface area contributed by atoms with Gasteiger partial charge in [-0.15, -0.1) is 0 Å². The molecule has 0 aliphatic rings. The van der Waals surface area contributed by atoms with E-state index < -0.39 is 5.82 Å². The maximum atomic E-state index is 12.9. The number of halogens is 1. The van der Waals surface area contributed by atoms with Crippen molar-refractivity contribution < 1.29 is 9.18 Å². The van der Waals surface area contributed by atoms with Gasteiger partial charge in [-0.05, 0) is 30.2 Å². The maximum Gasteiger partial charge on any atom is 0.251 e. The second-order valence-corrected chi connectivity index (χ2v) is 4.04. The number of nitrogens with zero attached hydrogens (tertiary/aromatic N) is 2. The van der Waals surface area contributed by atoms with Crippen molar-refractivity contribution in [3.63, 3.8) is 0 Å². The molecule has 0 saturated carbocycles. The van der Waals surface area contributed by atoms with E-state index in [9.17, 15) is 9.18 Å². The van der Waals surface area contributed by atoms with Crippen LogP contribution < -0.4 is 5.32 Å². The van der Waals surface area contributed by atoms with Gasteiger partial charge in [-0.2, -0.15) is 5.10 Å². The molecule has 5 heteroatoms. The summed E-state index contributed by atoms with van der Waals surface area (Å²) in [6, 6.07) is 5.64. The lowest BCUT2D eigenvalue weighted by Crippen LogP contribution is -2.25. The summed E-state index contributed by atoms with van der Waals surface area (Å²) in [5.74, 6) is -0.673. The van der Waals surface area contributed by atoms with Crippen LogP contribution in [0, 0.1) is 5.82 Å². The zero-order chi connectivity index (χ0) is 13.0. The molecular weight excluding hydrogens is 233 g/mol. The number of amides is 1. The maximum absolute atomic E-state index is 12.9. The number of aryl methyl sites for hydroxylation is 1. The zero-order valence-electron chi connectivity index (χ0n) is 10.1. The van der Waals surface area contributed by atoms with Gasteiger partial charge in [0.05, 0.1) is 6.20 Å². The van der Waals surface area contributed by atoms with Crippen LogP contribution in [0.5, 0.6) is 0 Å². The summed E-state index contributed by atoms with van der Waals surface area (Å²) in [6.45, 7) is 0.501. The van der Waals surface area contributed by atoms with Gasteiger partial charge < -0.3 is 5.32 Å². The lowest BCUT2D eigenvalue weighted by Gasteiger charge is -2.04. The Morgan fingerprint density at radius 3 is 3.00 bits per heavy atom. The minimum Gasteiger partial charge on any atom is -0.352 e. The van der Waals surface area contributed by atoms with Crippen LogP contribution in [0.1, 0.15) is 15.9 Å². The summed E-state index contributed by atoms with van der Waals surface area (Å²) in [5.41, 5.74) is 1.39. The molecule has 0 aliphatic heterocycles. The van der Waals surface area contributed by atoms with Crippen LogP contribution in [0.4, 0.5) is 4.39 Å². The Morgan fingerprint density at radius 2 is 2.33 bits per heavy atom. The SMILES string of the molecule is Cn1cc(CCNC(=O)c2cccc(F)c2)cn1.